The molecule has 1 aliphatic heterocycles. The van der Waals surface area contributed by atoms with Gasteiger partial charge >= 0.3 is 5.97 Å². The van der Waals surface area contributed by atoms with Crippen LogP contribution < -0.4 is 10.0 Å². The summed E-state index contributed by atoms with van der Waals surface area (Å²) in [6.45, 7) is 3.41. The highest BCUT2D eigenvalue weighted by Gasteiger charge is 2.29. The minimum atomic E-state index is -3.59. The van der Waals surface area contributed by atoms with E-state index in [1.807, 2.05) is 0 Å². The van der Waals surface area contributed by atoms with Crippen LogP contribution in [0.2, 0.25) is 0 Å². The number of esters is 1. The van der Waals surface area contributed by atoms with E-state index in [1.165, 1.54) is 12.1 Å². The number of hydrogen-bond acceptors (Lipinski definition) is 6. The third kappa shape index (κ3) is 4.42. The van der Waals surface area contributed by atoms with E-state index in [4.69, 9.17) is 4.74 Å². The summed E-state index contributed by atoms with van der Waals surface area (Å²) in [6.07, 6.45) is 1.44. The molecule has 2 rings (SSSR count). The van der Waals surface area contributed by atoms with E-state index < -0.39 is 21.9 Å². The van der Waals surface area contributed by atoms with E-state index >= 15 is 0 Å². The molecule has 1 amide bonds. The number of aliphatic imine (C=N–C) groups is 1. The van der Waals surface area contributed by atoms with Crippen LogP contribution in [0.3, 0.4) is 0 Å². The number of benzene rings is 1. The van der Waals surface area contributed by atoms with Gasteiger partial charge in [-0.25, -0.2) is 8.42 Å². The lowest BCUT2D eigenvalue weighted by atomic mass is 10.2. The second-order valence-corrected chi connectivity index (χ2v) is 6.49. The number of carbonyl (C=O) groups excluding carboxylic acids is 2. The fourth-order valence-electron chi connectivity index (χ4n) is 1.97. The van der Waals surface area contributed by atoms with Crippen molar-refractivity contribution in [3.63, 3.8) is 0 Å². The topological polar surface area (TPSA) is 114 Å². The van der Waals surface area contributed by atoms with Crippen molar-refractivity contribution in [1.29, 1.82) is 0 Å². The summed E-state index contributed by atoms with van der Waals surface area (Å²) in [5.41, 5.74) is 0.467. The van der Waals surface area contributed by atoms with Gasteiger partial charge in [0.05, 0.1) is 17.9 Å². The molecule has 128 valence electrons. The third-order valence-electron chi connectivity index (χ3n) is 3.06. The highest BCUT2D eigenvalue weighted by atomic mass is 32.2. The number of amides is 1. The molecule has 1 aromatic rings. The fourth-order valence-corrected chi connectivity index (χ4v) is 3.22. The van der Waals surface area contributed by atoms with E-state index in [1.54, 1.807) is 18.2 Å². The average Bonchev–Trinajstić information content (AvgIpc) is 2.82. The van der Waals surface area contributed by atoms with Crippen molar-refractivity contribution in [2.75, 3.05) is 19.7 Å². The van der Waals surface area contributed by atoms with Gasteiger partial charge in [-0.05, 0) is 12.1 Å². The van der Waals surface area contributed by atoms with Crippen LogP contribution in [0.1, 0.15) is 12.0 Å². The van der Waals surface area contributed by atoms with Gasteiger partial charge in [0, 0.05) is 12.1 Å². The van der Waals surface area contributed by atoms with Crippen LogP contribution in [0.4, 0.5) is 0 Å². The van der Waals surface area contributed by atoms with Crippen LogP contribution in [-0.4, -0.2) is 45.8 Å². The number of sulfonamides is 1. The van der Waals surface area contributed by atoms with Gasteiger partial charge in [-0.3, -0.25) is 19.3 Å². The first-order valence-corrected chi connectivity index (χ1v) is 8.62. The Hall–Kier alpha value is -2.68. The summed E-state index contributed by atoms with van der Waals surface area (Å²) < 4.78 is 30.9. The first kappa shape index (κ1) is 17.7. The van der Waals surface area contributed by atoms with Crippen LogP contribution in [0, 0.1) is 0 Å². The summed E-state index contributed by atoms with van der Waals surface area (Å²) in [6, 6.07) is 6.44. The van der Waals surface area contributed by atoms with E-state index in [9.17, 15) is 18.0 Å². The molecule has 1 heterocycles. The SMILES string of the molecule is C=CCNC(=O)COC(=O)CCN=C1NS(=O)(=O)c2ccccc21. The van der Waals surface area contributed by atoms with Crippen molar-refractivity contribution in [3.05, 3.63) is 42.5 Å². The highest BCUT2D eigenvalue weighted by molar-refractivity contribution is 7.90. The van der Waals surface area contributed by atoms with Crippen LogP contribution in [0.15, 0.2) is 46.8 Å². The molecule has 0 unspecified atom stereocenters. The van der Waals surface area contributed by atoms with Gasteiger partial charge in [0.25, 0.3) is 15.9 Å². The van der Waals surface area contributed by atoms with Crippen molar-refractivity contribution in [1.82, 2.24) is 10.0 Å². The molecule has 0 atom stereocenters. The summed E-state index contributed by atoms with van der Waals surface area (Å²) >= 11 is 0. The zero-order valence-corrected chi connectivity index (χ0v) is 13.6. The molecule has 0 spiro atoms. The number of nitrogens with zero attached hydrogens (tertiary/aromatic N) is 1. The Morgan fingerprint density at radius 1 is 1.33 bits per heavy atom. The van der Waals surface area contributed by atoms with Gasteiger partial charge in [0.15, 0.2) is 6.61 Å². The predicted octanol–water partition coefficient (Wildman–Crippen LogP) is -0.0394. The highest BCUT2D eigenvalue weighted by Crippen LogP contribution is 2.22. The Kier molecular flexibility index (Phi) is 5.69. The zero-order valence-electron chi connectivity index (χ0n) is 12.8. The Morgan fingerprint density at radius 2 is 2.08 bits per heavy atom. The molecule has 0 aliphatic carbocycles. The van der Waals surface area contributed by atoms with E-state index in [-0.39, 0.29) is 30.3 Å². The van der Waals surface area contributed by atoms with Crippen LogP contribution in [0.25, 0.3) is 0 Å². The van der Waals surface area contributed by atoms with Crippen LogP contribution >= 0.6 is 0 Å². The number of rotatable bonds is 7. The lowest BCUT2D eigenvalue weighted by molar-refractivity contribution is -0.148. The first-order chi connectivity index (χ1) is 11.4. The van der Waals surface area contributed by atoms with Crippen LogP contribution in [-0.2, 0) is 24.3 Å². The third-order valence-corrected chi connectivity index (χ3v) is 4.45. The van der Waals surface area contributed by atoms with Crippen LogP contribution in [0.5, 0.6) is 0 Å². The number of carbonyl (C=O) groups is 2. The van der Waals surface area contributed by atoms with Gasteiger partial charge in [0.2, 0.25) is 0 Å². The maximum absolute atomic E-state index is 11.9. The van der Waals surface area contributed by atoms with Gasteiger partial charge in [0.1, 0.15) is 5.84 Å². The molecule has 1 aliphatic rings. The van der Waals surface area contributed by atoms with Gasteiger partial charge in [-0.15, -0.1) is 6.58 Å². The Bertz CT molecular complexity index is 786. The fraction of sp³-hybridized carbons (Fsp3) is 0.267. The lowest BCUT2D eigenvalue weighted by Crippen LogP contribution is -2.28. The number of ether oxygens (including phenoxy) is 1. The first-order valence-electron chi connectivity index (χ1n) is 7.14. The van der Waals surface area contributed by atoms with Crippen molar-refractivity contribution in [2.24, 2.45) is 4.99 Å². The molecule has 9 heteroatoms. The standard InChI is InChI=1S/C15H17N3O5S/c1-2-8-16-13(19)10-23-14(20)7-9-17-15-11-5-3-4-6-12(11)24(21,22)18-15/h2-6H,1,7-10H2,(H,16,19)(H,17,18). The maximum Gasteiger partial charge on any atom is 0.308 e. The zero-order chi connectivity index (χ0) is 17.6. The lowest BCUT2D eigenvalue weighted by Gasteiger charge is -2.04. The second-order valence-electron chi connectivity index (χ2n) is 4.84. The number of nitrogens with one attached hydrogen (secondary N) is 2. The Morgan fingerprint density at radius 3 is 2.83 bits per heavy atom. The molecule has 2 N–H and O–H groups in total. The normalized spacial score (nSPS) is 16.1. The van der Waals surface area contributed by atoms with E-state index in [0.717, 1.165) is 0 Å². The molecule has 24 heavy (non-hydrogen) atoms. The largest absolute Gasteiger partial charge is 0.456 e. The van der Waals surface area contributed by atoms with Crippen molar-refractivity contribution >= 4 is 27.7 Å². The van der Waals surface area contributed by atoms with Gasteiger partial charge < -0.3 is 10.1 Å². The Labute approximate surface area is 139 Å². The quantitative estimate of drug-likeness (QED) is 0.528. The predicted molar refractivity (Wildman–Crippen MR) is 87.0 cm³/mol. The summed E-state index contributed by atoms with van der Waals surface area (Å²) in [7, 11) is -3.59. The van der Waals surface area contributed by atoms with Crippen molar-refractivity contribution in [2.45, 2.75) is 11.3 Å². The molecular weight excluding hydrogens is 334 g/mol. The summed E-state index contributed by atoms with van der Waals surface area (Å²) in [5.74, 6) is -0.823. The number of fused-ring (bicyclic) bond motifs is 1. The minimum absolute atomic E-state index is 0.0410. The molecule has 0 fully saturated rings. The number of amidine groups is 1. The number of hydrogen-bond donors (Lipinski definition) is 2. The van der Waals surface area contributed by atoms with Crippen molar-refractivity contribution < 1.29 is 22.7 Å². The van der Waals surface area contributed by atoms with E-state index in [2.05, 4.69) is 21.6 Å². The molecule has 0 bridgehead atoms. The molecule has 0 saturated carbocycles. The Balaban J connectivity index is 1.86. The maximum atomic E-state index is 11.9. The monoisotopic (exact) mass is 351 g/mol. The minimum Gasteiger partial charge on any atom is -0.456 e. The molecule has 0 saturated heterocycles. The summed E-state index contributed by atoms with van der Waals surface area (Å²) in [5, 5.41) is 2.47. The molecule has 8 nitrogen and oxygen atoms in total. The van der Waals surface area contributed by atoms with Gasteiger partial charge in [-0.2, -0.15) is 0 Å². The molecular formula is C15H17N3O5S. The molecule has 0 aromatic heterocycles. The summed E-state index contributed by atoms with van der Waals surface area (Å²) in [4.78, 5) is 27.0. The van der Waals surface area contributed by atoms with Crippen molar-refractivity contribution in [3.8, 4) is 0 Å². The smallest absolute Gasteiger partial charge is 0.308 e. The second kappa shape index (κ2) is 7.73. The molecule has 1 aromatic carbocycles. The average molecular weight is 351 g/mol. The molecule has 0 radical (unpaired) electrons. The van der Waals surface area contributed by atoms with Gasteiger partial charge in [-0.1, -0.05) is 18.2 Å². The van der Waals surface area contributed by atoms with E-state index in [0.29, 0.717) is 12.1 Å².